The number of aldehydes is 1. The van der Waals surface area contributed by atoms with E-state index in [4.69, 9.17) is 4.42 Å². The van der Waals surface area contributed by atoms with Crippen molar-refractivity contribution in [3.63, 3.8) is 0 Å². The molecule has 0 aliphatic carbocycles. The molecule has 0 saturated carbocycles. The Hall–Kier alpha value is -1.87. The molecule has 0 bridgehead atoms. The van der Waals surface area contributed by atoms with Crippen LogP contribution in [0, 0.1) is 6.92 Å². The topological polar surface area (TPSA) is 30.2 Å². The summed E-state index contributed by atoms with van der Waals surface area (Å²) in [5.41, 5.74) is 2.84. The first-order valence-electron chi connectivity index (χ1n) is 5.32. The molecule has 1 aromatic carbocycles. The van der Waals surface area contributed by atoms with Gasteiger partial charge in [-0.3, -0.25) is 4.79 Å². The zero-order chi connectivity index (χ0) is 11.8. The van der Waals surface area contributed by atoms with Gasteiger partial charge in [0.1, 0.15) is 11.3 Å². The molecule has 2 nitrogen and oxygen atoms in total. The van der Waals surface area contributed by atoms with Crippen LogP contribution in [0.4, 0.5) is 0 Å². The minimum atomic E-state index is 0.715. The lowest BCUT2D eigenvalue weighted by molar-refractivity contribution is 0.112. The van der Waals surface area contributed by atoms with Gasteiger partial charge in [0, 0.05) is 16.5 Å². The maximum Gasteiger partial charge on any atom is 0.160 e. The van der Waals surface area contributed by atoms with Crippen molar-refractivity contribution in [2.75, 3.05) is 0 Å². The van der Waals surface area contributed by atoms with E-state index in [1.165, 1.54) is 11.3 Å². The van der Waals surface area contributed by atoms with Gasteiger partial charge in [0.15, 0.2) is 6.29 Å². The summed E-state index contributed by atoms with van der Waals surface area (Å²) in [5, 5.41) is 3.01. The Morgan fingerprint density at radius 3 is 2.82 bits per heavy atom. The second-order valence-electron chi connectivity index (χ2n) is 3.87. The summed E-state index contributed by atoms with van der Waals surface area (Å²) in [4.78, 5) is 11.7. The Kier molecular flexibility index (Phi) is 2.34. The summed E-state index contributed by atoms with van der Waals surface area (Å²) >= 11 is 1.43. The molecule has 0 saturated heterocycles. The van der Waals surface area contributed by atoms with Gasteiger partial charge in [-0.25, -0.2) is 0 Å². The molecule has 17 heavy (non-hydrogen) atoms. The standard InChI is InChI=1S/C14H10O2S/c1-9-10-4-2-3-5-12(10)16-14(9)11-6-7-17-13(11)8-15/h2-8H,1H3. The van der Waals surface area contributed by atoms with Gasteiger partial charge >= 0.3 is 0 Å². The Morgan fingerprint density at radius 1 is 1.24 bits per heavy atom. The lowest BCUT2D eigenvalue weighted by Gasteiger charge is -1.95. The van der Waals surface area contributed by atoms with Crippen molar-refractivity contribution < 1.29 is 9.21 Å². The van der Waals surface area contributed by atoms with Gasteiger partial charge in [0.2, 0.25) is 0 Å². The highest BCUT2D eigenvalue weighted by Crippen LogP contribution is 2.35. The molecule has 0 spiro atoms. The zero-order valence-corrected chi connectivity index (χ0v) is 10.1. The van der Waals surface area contributed by atoms with E-state index in [-0.39, 0.29) is 0 Å². The number of carbonyl (C=O) groups excluding carboxylic acids is 1. The fraction of sp³-hybridized carbons (Fsp3) is 0.0714. The summed E-state index contributed by atoms with van der Waals surface area (Å²) < 4.78 is 5.83. The van der Waals surface area contributed by atoms with Gasteiger partial charge in [-0.15, -0.1) is 11.3 Å². The van der Waals surface area contributed by atoms with Crippen LogP contribution in [-0.2, 0) is 0 Å². The highest BCUT2D eigenvalue weighted by Gasteiger charge is 2.15. The van der Waals surface area contributed by atoms with E-state index in [0.29, 0.717) is 4.88 Å². The average molecular weight is 242 g/mol. The fourth-order valence-corrected chi connectivity index (χ4v) is 2.73. The third-order valence-electron chi connectivity index (χ3n) is 2.89. The van der Waals surface area contributed by atoms with Crippen molar-refractivity contribution in [2.24, 2.45) is 0 Å². The van der Waals surface area contributed by atoms with E-state index < -0.39 is 0 Å². The quantitative estimate of drug-likeness (QED) is 0.628. The average Bonchev–Trinajstić information content (AvgIpc) is 2.94. The van der Waals surface area contributed by atoms with Crippen molar-refractivity contribution in [1.29, 1.82) is 0 Å². The van der Waals surface area contributed by atoms with E-state index in [1.807, 2.05) is 42.6 Å². The number of hydrogen-bond donors (Lipinski definition) is 0. The summed E-state index contributed by atoms with van der Waals surface area (Å²) in [7, 11) is 0. The third kappa shape index (κ3) is 1.51. The van der Waals surface area contributed by atoms with Gasteiger partial charge in [-0.1, -0.05) is 18.2 Å². The predicted octanol–water partition coefficient (Wildman–Crippen LogP) is 4.28. The minimum absolute atomic E-state index is 0.715. The van der Waals surface area contributed by atoms with E-state index in [9.17, 15) is 4.79 Å². The number of thiophene rings is 1. The molecule has 84 valence electrons. The van der Waals surface area contributed by atoms with Crippen LogP contribution in [0.15, 0.2) is 40.1 Å². The number of fused-ring (bicyclic) bond motifs is 1. The first kappa shape index (κ1) is 10.3. The van der Waals surface area contributed by atoms with Gasteiger partial charge in [0.05, 0.1) is 4.88 Å². The molecule has 3 aromatic rings. The molecule has 0 unspecified atom stereocenters. The highest BCUT2D eigenvalue weighted by molar-refractivity contribution is 7.12. The van der Waals surface area contributed by atoms with Crippen LogP contribution in [0.5, 0.6) is 0 Å². The molecular formula is C14H10O2S. The van der Waals surface area contributed by atoms with Crippen LogP contribution in [0.3, 0.4) is 0 Å². The molecule has 0 atom stereocenters. The Bertz CT molecular complexity index is 691. The van der Waals surface area contributed by atoms with Crippen LogP contribution in [0.2, 0.25) is 0 Å². The van der Waals surface area contributed by atoms with Crippen LogP contribution < -0.4 is 0 Å². The van der Waals surface area contributed by atoms with E-state index in [0.717, 1.165) is 34.1 Å². The second kappa shape index (κ2) is 3.86. The zero-order valence-electron chi connectivity index (χ0n) is 9.27. The summed E-state index contributed by atoms with van der Waals surface area (Å²) in [6.07, 6.45) is 0.882. The van der Waals surface area contributed by atoms with Gasteiger partial charge in [0.25, 0.3) is 0 Å². The van der Waals surface area contributed by atoms with E-state index >= 15 is 0 Å². The molecule has 0 radical (unpaired) electrons. The molecular weight excluding hydrogens is 232 g/mol. The SMILES string of the molecule is Cc1c(-c2ccsc2C=O)oc2ccccc12. The van der Waals surface area contributed by atoms with Crippen molar-refractivity contribution in [2.45, 2.75) is 6.92 Å². The largest absolute Gasteiger partial charge is 0.456 e. The number of aryl methyl sites for hydroxylation is 1. The molecule has 0 fully saturated rings. The molecule has 0 aliphatic heterocycles. The van der Waals surface area contributed by atoms with Crippen LogP contribution in [0.1, 0.15) is 15.2 Å². The molecule has 3 heteroatoms. The lowest BCUT2D eigenvalue weighted by Crippen LogP contribution is -1.79. The first-order valence-corrected chi connectivity index (χ1v) is 6.20. The Labute approximate surface area is 102 Å². The molecule has 2 aromatic heterocycles. The van der Waals surface area contributed by atoms with E-state index in [1.54, 1.807) is 0 Å². The summed E-state index contributed by atoms with van der Waals surface area (Å²) in [6, 6.07) is 9.84. The van der Waals surface area contributed by atoms with Crippen molar-refractivity contribution in [1.82, 2.24) is 0 Å². The Balaban J connectivity index is 2.31. The first-order chi connectivity index (χ1) is 8.31. The maximum atomic E-state index is 11.0. The van der Waals surface area contributed by atoms with Crippen molar-refractivity contribution >= 4 is 28.6 Å². The number of hydrogen-bond acceptors (Lipinski definition) is 3. The van der Waals surface area contributed by atoms with Crippen LogP contribution in [-0.4, -0.2) is 6.29 Å². The highest BCUT2D eigenvalue weighted by atomic mass is 32.1. The second-order valence-corrected chi connectivity index (χ2v) is 4.82. The number of furan rings is 1. The van der Waals surface area contributed by atoms with Crippen LogP contribution >= 0.6 is 11.3 Å². The van der Waals surface area contributed by atoms with Crippen molar-refractivity contribution in [3.05, 3.63) is 46.2 Å². The van der Waals surface area contributed by atoms with Crippen LogP contribution in [0.25, 0.3) is 22.3 Å². The van der Waals surface area contributed by atoms with Crippen molar-refractivity contribution in [3.8, 4) is 11.3 Å². The predicted molar refractivity (Wildman–Crippen MR) is 69.7 cm³/mol. The summed E-state index contributed by atoms with van der Waals surface area (Å²) in [6.45, 7) is 2.02. The molecule has 2 heterocycles. The third-order valence-corrected chi connectivity index (χ3v) is 3.73. The molecule has 0 amide bonds. The molecule has 3 rings (SSSR count). The normalized spacial score (nSPS) is 10.9. The number of carbonyl (C=O) groups is 1. The number of para-hydroxylation sites is 1. The maximum absolute atomic E-state index is 11.0. The molecule has 0 aliphatic rings. The lowest BCUT2D eigenvalue weighted by atomic mass is 10.1. The molecule has 0 N–H and O–H groups in total. The van der Waals surface area contributed by atoms with Gasteiger partial charge in [-0.05, 0) is 24.4 Å². The fourth-order valence-electron chi connectivity index (χ4n) is 2.03. The minimum Gasteiger partial charge on any atom is -0.456 e. The van der Waals surface area contributed by atoms with E-state index in [2.05, 4.69) is 0 Å². The monoisotopic (exact) mass is 242 g/mol. The Morgan fingerprint density at radius 2 is 2.06 bits per heavy atom. The number of rotatable bonds is 2. The number of benzene rings is 1. The van der Waals surface area contributed by atoms with Gasteiger partial charge < -0.3 is 4.42 Å². The smallest absolute Gasteiger partial charge is 0.160 e. The summed E-state index contributed by atoms with van der Waals surface area (Å²) in [5.74, 6) is 0.801. The van der Waals surface area contributed by atoms with Gasteiger partial charge in [-0.2, -0.15) is 0 Å².